The van der Waals surface area contributed by atoms with Crippen molar-refractivity contribution >= 4 is 11.4 Å². The molecule has 1 aliphatic heterocycles. The molecule has 0 spiro atoms. The monoisotopic (exact) mass is 348 g/mol. The van der Waals surface area contributed by atoms with Gasteiger partial charge in [0.2, 0.25) is 5.76 Å². The van der Waals surface area contributed by atoms with Gasteiger partial charge in [0.1, 0.15) is 6.04 Å². The Bertz CT molecular complexity index is 1090. The summed E-state index contributed by atoms with van der Waals surface area (Å²) < 4.78 is 7.06. The molecule has 8 nitrogen and oxygen atoms in total. The molecule has 0 bridgehead atoms. The Kier molecular flexibility index (Phi) is 3.18. The summed E-state index contributed by atoms with van der Waals surface area (Å²) in [6, 6.07) is 5.64. The van der Waals surface area contributed by atoms with Gasteiger partial charge in [-0.1, -0.05) is 6.07 Å². The molecule has 4 aromatic rings. The van der Waals surface area contributed by atoms with Crippen LogP contribution in [0.2, 0.25) is 0 Å². The molecule has 0 aromatic carbocycles. The molecule has 0 unspecified atom stereocenters. The van der Waals surface area contributed by atoms with Crippen LogP contribution in [-0.4, -0.2) is 41.9 Å². The lowest BCUT2D eigenvalue weighted by Crippen LogP contribution is -2.40. The molecule has 1 N–H and O–H groups in total. The highest BCUT2D eigenvalue weighted by Gasteiger charge is 2.37. The molecule has 1 amide bonds. The number of hydrogen-bond acceptors (Lipinski definition) is 5. The van der Waals surface area contributed by atoms with Crippen LogP contribution in [0.4, 0.5) is 0 Å². The molecule has 0 aliphatic carbocycles. The molecule has 1 atom stereocenters. The number of carbonyl (C=O) groups is 1. The molecule has 0 saturated heterocycles. The van der Waals surface area contributed by atoms with Crippen LogP contribution in [-0.2, 0) is 6.42 Å². The summed E-state index contributed by atoms with van der Waals surface area (Å²) >= 11 is 0. The van der Waals surface area contributed by atoms with Crippen molar-refractivity contribution in [3.63, 3.8) is 0 Å². The van der Waals surface area contributed by atoms with E-state index in [-0.39, 0.29) is 17.7 Å². The minimum Gasteiger partial charge on any atom is -0.438 e. The number of imidazole rings is 1. The van der Waals surface area contributed by atoms with Crippen molar-refractivity contribution in [3.05, 3.63) is 71.7 Å². The minimum atomic E-state index is -0.373. The van der Waals surface area contributed by atoms with E-state index in [4.69, 9.17) is 9.52 Å². The molecule has 0 fully saturated rings. The van der Waals surface area contributed by atoms with Crippen molar-refractivity contribution < 1.29 is 9.21 Å². The van der Waals surface area contributed by atoms with Gasteiger partial charge in [-0.3, -0.25) is 4.79 Å². The fourth-order valence-corrected chi connectivity index (χ4v) is 3.57. The first-order chi connectivity index (χ1) is 12.7. The molecule has 4 aromatic heterocycles. The standard InChI is InChI=1S/C18H16N6O2/c1-11-3-2-5-24-14(11)7-13(22-24)17-16-12(20-9-21-16)4-6-23(17)18(25)15-8-19-10-26-15/h2-3,5,7-10,17H,4,6H2,1H3,(H,20,21)/t17-/m0/s1. The van der Waals surface area contributed by atoms with Gasteiger partial charge >= 0.3 is 0 Å². The molecule has 5 rings (SSSR count). The molecule has 1 aliphatic rings. The molecular formula is C18H16N6O2. The van der Waals surface area contributed by atoms with Gasteiger partial charge in [0.25, 0.3) is 5.91 Å². The predicted octanol–water partition coefficient (Wildman–Crippen LogP) is 2.14. The number of nitrogens with zero attached hydrogens (tertiary/aromatic N) is 5. The van der Waals surface area contributed by atoms with Crippen molar-refractivity contribution in [2.24, 2.45) is 0 Å². The van der Waals surface area contributed by atoms with E-state index in [9.17, 15) is 4.79 Å². The first kappa shape index (κ1) is 14.9. The highest BCUT2D eigenvalue weighted by molar-refractivity contribution is 5.91. The highest BCUT2D eigenvalue weighted by atomic mass is 16.3. The van der Waals surface area contributed by atoms with Crippen molar-refractivity contribution in [2.45, 2.75) is 19.4 Å². The third kappa shape index (κ3) is 2.15. The van der Waals surface area contributed by atoms with E-state index in [1.807, 2.05) is 35.8 Å². The molecular weight excluding hydrogens is 332 g/mol. The number of fused-ring (bicyclic) bond motifs is 2. The van der Waals surface area contributed by atoms with E-state index in [0.29, 0.717) is 13.0 Å². The largest absolute Gasteiger partial charge is 0.438 e. The number of aromatic amines is 1. The van der Waals surface area contributed by atoms with Crippen LogP contribution >= 0.6 is 0 Å². The Balaban J connectivity index is 1.66. The fourth-order valence-electron chi connectivity index (χ4n) is 3.57. The summed E-state index contributed by atoms with van der Waals surface area (Å²) in [4.78, 5) is 26.2. The Hall–Kier alpha value is -3.42. The maximum atomic E-state index is 13.0. The first-order valence-electron chi connectivity index (χ1n) is 8.39. The number of hydrogen-bond donors (Lipinski definition) is 1. The van der Waals surface area contributed by atoms with Gasteiger partial charge in [-0.2, -0.15) is 5.10 Å². The second kappa shape index (κ2) is 5.55. The maximum Gasteiger partial charge on any atom is 0.292 e. The van der Waals surface area contributed by atoms with Crippen LogP contribution in [0.25, 0.3) is 5.52 Å². The van der Waals surface area contributed by atoms with Gasteiger partial charge in [-0.25, -0.2) is 14.5 Å². The van der Waals surface area contributed by atoms with Crippen molar-refractivity contribution in [2.75, 3.05) is 6.54 Å². The lowest BCUT2D eigenvalue weighted by Gasteiger charge is -2.33. The van der Waals surface area contributed by atoms with Crippen LogP contribution < -0.4 is 0 Å². The number of pyridine rings is 1. The molecule has 26 heavy (non-hydrogen) atoms. The summed E-state index contributed by atoms with van der Waals surface area (Å²) in [7, 11) is 0. The summed E-state index contributed by atoms with van der Waals surface area (Å²) in [5.41, 5.74) is 4.77. The normalized spacial score (nSPS) is 16.8. The molecule has 5 heterocycles. The van der Waals surface area contributed by atoms with Crippen molar-refractivity contribution in [1.29, 1.82) is 0 Å². The van der Waals surface area contributed by atoms with Crippen molar-refractivity contribution in [1.82, 2.24) is 29.5 Å². The summed E-state index contributed by atoms with van der Waals surface area (Å²) in [6.45, 7) is 2.59. The number of rotatable bonds is 2. The summed E-state index contributed by atoms with van der Waals surface area (Å²) in [5.74, 6) is 0.00357. The van der Waals surface area contributed by atoms with E-state index >= 15 is 0 Å². The van der Waals surface area contributed by atoms with Gasteiger partial charge < -0.3 is 14.3 Å². The number of amides is 1. The average molecular weight is 348 g/mol. The number of H-pyrrole nitrogens is 1. The van der Waals surface area contributed by atoms with Crippen molar-refractivity contribution in [3.8, 4) is 0 Å². The van der Waals surface area contributed by atoms with Crippen LogP contribution in [0.15, 0.2) is 47.7 Å². The van der Waals surface area contributed by atoms with Crippen LogP contribution in [0.3, 0.4) is 0 Å². The Labute approximate surface area is 148 Å². The molecule has 0 radical (unpaired) electrons. The van der Waals surface area contributed by atoms with E-state index in [1.165, 1.54) is 12.6 Å². The third-order valence-corrected chi connectivity index (χ3v) is 4.84. The SMILES string of the molecule is Cc1cccn2nc([C@H]3c4nc[nH]c4CCN3C(=O)c3cnco3)cc12. The Morgan fingerprint density at radius 3 is 3.15 bits per heavy atom. The first-order valence-corrected chi connectivity index (χ1v) is 8.39. The lowest BCUT2D eigenvalue weighted by molar-refractivity contribution is 0.0654. The third-order valence-electron chi connectivity index (χ3n) is 4.84. The molecule has 0 saturated carbocycles. The summed E-state index contributed by atoms with van der Waals surface area (Å²) in [6.07, 6.45) is 6.98. The number of oxazole rings is 1. The Morgan fingerprint density at radius 1 is 1.42 bits per heavy atom. The van der Waals surface area contributed by atoms with Gasteiger partial charge in [0, 0.05) is 24.9 Å². The van der Waals surface area contributed by atoms with E-state index < -0.39 is 0 Å². The van der Waals surface area contributed by atoms with E-state index in [2.05, 4.69) is 15.0 Å². The van der Waals surface area contributed by atoms with Gasteiger partial charge in [0.15, 0.2) is 6.39 Å². The second-order valence-corrected chi connectivity index (χ2v) is 6.37. The second-order valence-electron chi connectivity index (χ2n) is 6.37. The number of nitrogens with one attached hydrogen (secondary N) is 1. The number of aryl methyl sites for hydroxylation is 1. The maximum absolute atomic E-state index is 13.0. The number of carbonyl (C=O) groups excluding carboxylic acids is 1. The molecule has 130 valence electrons. The quantitative estimate of drug-likeness (QED) is 0.599. The zero-order chi connectivity index (χ0) is 17.7. The number of aromatic nitrogens is 5. The highest BCUT2D eigenvalue weighted by Crippen LogP contribution is 2.34. The average Bonchev–Trinajstić information content (AvgIpc) is 3.39. The fraction of sp³-hybridized carbons (Fsp3) is 0.222. The molecule has 8 heteroatoms. The van der Waals surface area contributed by atoms with E-state index in [1.54, 1.807) is 11.2 Å². The minimum absolute atomic E-state index is 0.213. The zero-order valence-corrected chi connectivity index (χ0v) is 14.1. The van der Waals surface area contributed by atoms with Crippen LogP contribution in [0.1, 0.15) is 39.2 Å². The topological polar surface area (TPSA) is 92.3 Å². The van der Waals surface area contributed by atoms with Crippen LogP contribution in [0, 0.1) is 6.92 Å². The zero-order valence-electron chi connectivity index (χ0n) is 14.1. The Morgan fingerprint density at radius 2 is 2.35 bits per heavy atom. The predicted molar refractivity (Wildman–Crippen MR) is 91.6 cm³/mol. The van der Waals surface area contributed by atoms with Gasteiger partial charge in [-0.05, 0) is 24.6 Å². The van der Waals surface area contributed by atoms with Gasteiger partial charge in [0.05, 0.1) is 29.4 Å². The lowest BCUT2D eigenvalue weighted by atomic mass is 9.99. The van der Waals surface area contributed by atoms with Gasteiger partial charge in [-0.15, -0.1) is 0 Å². The summed E-state index contributed by atoms with van der Waals surface area (Å²) in [5, 5.41) is 4.71. The van der Waals surface area contributed by atoms with Crippen LogP contribution in [0.5, 0.6) is 0 Å². The van der Waals surface area contributed by atoms with E-state index in [0.717, 1.165) is 28.2 Å². The smallest absolute Gasteiger partial charge is 0.292 e.